The van der Waals surface area contributed by atoms with Crippen molar-refractivity contribution in [1.82, 2.24) is 30.0 Å². The van der Waals surface area contributed by atoms with Crippen molar-refractivity contribution >= 4 is 21.8 Å². The lowest BCUT2D eigenvalue weighted by atomic mass is 9.97. The maximum absolute atomic E-state index is 14.7. The predicted molar refractivity (Wildman–Crippen MR) is 145 cm³/mol. The molecule has 2 aromatic carbocycles. The summed E-state index contributed by atoms with van der Waals surface area (Å²) in [6.07, 6.45) is 3.52. The van der Waals surface area contributed by atoms with Crippen molar-refractivity contribution in [3.8, 4) is 33.9 Å². The van der Waals surface area contributed by atoms with Gasteiger partial charge in [-0.3, -0.25) is 15.1 Å². The fourth-order valence-corrected chi connectivity index (χ4v) is 4.79. The minimum absolute atomic E-state index is 0.289. The first-order chi connectivity index (χ1) is 18.0. The number of nitrogens with zero attached hydrogens (tertiary/aromatic N) is 4. The summed E-state index contributed by atoms with van der Waals surface area (Å²) < 4.78 is 14.7. The van der Waals surface area contributed by atoms with E-state index in [0.717, 1.165) is 61.3 Å². The Morgan fingerprint density at radius 3 is 2.62 bits per heavy atom. The van der Waals surface area contributed by atoms with Gasteiger partial charge in [0.05, 0.1) is 28.8 Å². The van der Waals surface area contributed by atoms with Crippen LogP contribution in [0.15, 0.2) is 79.1 Å². The molecule has 0 amide bonds. The lowest BCUT2D eigenvalue weighted by Crippen LogP contribution is -2.26. The second-order valence-corrected chi connectivity index (χ2v) is 9.49. The molecule has 0 saturated heterocycles. The number of rotatable bonds is 6. The Hall–Kier alpha value is -4.40. The first kappa shape index (κ1) is 23.0. The van der Waals surface area contributed by atoms with E-state index < -0.39 is 0 Å². The van der Waals surface area contributed by atoms with E-state index in [9.17, 15) is 4.39 Å². The molecule has 0 saturated carbocycles. The Morgan fingerprint density at radius 2 is 1.81 bits per heavy atom. The summed E-state index contributed by atoms with van der Waals surface area (Å²) in [5.41, 5.74) is 13.8. The molecule has 6 rings (SSSR count). The number of hydrogen-bond acceptors (Lipinski definition) is 5. The highest BCUT2D eigenvalue weighted by Gasteiger charge is 2.17. The summed E-state index contributed by atoms with van der Waals surface area (Å²) in [5.74, 6) is -0.303. The van der Waals surface area contributed by atoms with Gasteiger partial charge in [0, 0.05) is 35.1 Å². The third kappa shape index (κ3) is 4.37. The summed E-state index contributed by atoms with van der Waals surface area (Å²) in [7, 11) is 3.91. The van der Waals surface area contributed by atoms with Crippen LogP contribution < -0.4 is 5.73 Å². The predicted octanol–water partition coefficient (Wildman–Crippen LogP) is 5.54. The summed E-state index contributed by atoms with van der Waals surface area (Å²) in [5, 5.41) is 9.57. The second-order valence-electron chi connectivity index (χ2n) is 9.49. The monoisotopic (exact) mass is 491 g/mol. The number of pyridine rings is 2. The number of benzene rings is 2. The third-order valence-corrected chi connectivity index (χ3v) is 6.51. The molecule has 8 heteroatoms. The average Bonchev–Trinajstić information content (AvgIpc) is 3.52. The maximum Gasteiger partial charge on any atom is 0.124 e. The van der Waals surface area contributed by atoms with Gasteiger partial charge in [-0.1, -0.05) is 18.2 Å². The van der Waals surface area contributed by atoms with Crippen LogP contribution in [0.25, 0.3) is 55.7 Å². The van der Waals surface area contributed by atoms with Gasteiger partial charge in [0.15, 0.2) is 0 Å². The quantitative estimate of drug-likeness (QED) is 0.284. The van der Waals surface area contributed by atoms with Crippen LogP contribution in [0, 0.1) is 5.82 Å². The van der Waals surface area contributed by atoms with Gasteiger partial charge in [0.25, 0.3) is 0 Å². The lowest BCUT2D eigenvalue weighted by Gasteiger charge is -2.18. The molecule has 0 aliphatic rings. The topological polar surface area (TPSA) is 99.5 Å². The molecular weight excluding hydrogens is 465 g/mol. The molecule has 1 unspecified atom stereocenters. The van der Waals surface area contributed by atoms with E-state index in [2.05, 4.69) is 31.2 Å². The molecule has 1 atom stereocenters. The zero-order valence-corrected chi connectivity index (χ0v) is 20.5. The smallest absolute Gasteiger partial charge is 0.124 e. The van der Waals surface area contributed by atoms with Crippen LogP contribution in [0.2, 0.25) is 0 Å². The Balaban J connectivity index is 1.45. The molecule has 37 heavy (non-hydrogen) atoms. The molecule has 0 aliphatic heterocycles. The van der Waals surface area contributed by atoms with Crippen molar-refractivity contribution in [2.75, 3.05) is 20.6 Å². The van der Waals surface area contributed by atoms with Crippen LogP contribution in [0.1, 0.15) is 11.6 Å². The zero-order chi connectivity index (χ0) is 25.5. The van der Waals surface area contributed by atoms with Gasteiger partial charge < -0.3 is 15.6 Å². The van der Waals surface area contributed by atoms with E-state index in [0.29, 0.717) is 6.54 Å². The first-order valence-electron chi connectivity index (χ1n) is 12.0. The Morgan fingerprint density at radius 1 is 0.919 bits per heavy atom. The van der Waals surface area contributed by atoms with Crippen molar-refractivity contribution in [2.45, 2.75) is 6.04 Å². The number of halogens is 1. The molecule has 6 aromatic rings. The number of likely N-dealkylation sites (N-methyl/N-ethyl adjacent to an activating group) is 1. The van der Waals surface area contributed by atoms with Crippen molar-refractivity contribution in [3.05, 3.63) is 90.5 Å². The Labute approximate surface area is 213 Å². The molecule has 0 fully saturated rings. The standard InChI is InChI=1S/C29H26FN7/c1-37(2)16-23(31)18-10-17(11-19(30)12-18)20-6-5-8-24-21(20)13-27(34-24)29-22-14-26(25-7-3-4-9-32-25)33-15-28(22)35-36-29/h3-15,23,34H,16,31H2,1-2H3,(H,35,36). The molecule has 0 aliphatic carbocycles. The molecule has 4 N–H and O–H groups in total. The number of H-pyrrole nitrogens is 2. The van der Waals surface area contributed by atoms with Gasteiger partial charge in [0.1, 0.15) is 11.5 Å². The van der Waals surface area contributed by atoms with Crippen LogP contribution in [0.4, 0.5) is 4.39 Å². The van der Waals surface area contributed by atoms with Crippen molar-refractivity contribution in [2.24, 2.45) is 5.73 Å². The largest absolute Gasteiger partial charge is 0.353 e. The van der Waals surface area contributed by atoms with Crippen molar-refractivity contribution in [3.63, 3.8) is 0 Å². The number of aromatic nitrogens is 5. The Bertz CT molecular complexity index is 1720. The fourth-order valence-electron chi connectivity index (χ4n) is 4.79. The summed E-state index contributed by atoms with van der Waals surface area (Å²) in [4.78, 5) is 14.4. The van der Waals surface area contributed by atoms with Gasteiger partial charge in [-0.15, -0.1) is 0 Å². The number of nitrogens with one attached hydrogen (secondary N) is 2. The van der Waals surface area contributed by atoms with Crippen LogP contribution in [-0.4, -0.2) is 50.7 Å². The molecule has 184 valence electrons. The molecule has 0 bridgehead atoms. The van der Waals surface area contributed by atoms with E-state index in [1.807, 2.05) is 67.5 Å². The summed E-state index contributed by atoms with van der Waals surface area (Å²) >= 11 is 0. The minimum Gasteiger partial charge on any atom is -0.353 e. The highest BCUT2D eigenvalue weighted by atomic mass is 19.1. The van der Waals surface area contributed by atoms with Crippen molar-refractivity contribution < 1.29 is 4.39 Å². The van der Waals surface area contributed by atoms with Crippen LogP contribution >= 0.6 is 0 Å². The van der Waals surface area contributed by atoms with Gasteiger partial charge in [-0.25, -0.2) is 4.39 Å². The SMILES string of the molecule is CN(C)CC(N)c1cc(F)cc(-c2cccc3[nH]c(-c4n[nH]c5cnc(-c6ccccn6)cc45)cc23)c1. The number of nitrogens with two attached hydrogens (primary N) is 1. The van der Waals surface area contributed by atoms with Gasteiger partial charge in [-0.2, -0.15) is 5.10 Å². The van der Waals surface area contributed by atoms with Crippen LogP contribution in [0.5, 0.6) is 0 Å². The van der Waals surface area contributed by atoms with Crippen LogP contribution in [0.3, 0.4) is 0 Å². The average molecular weight is 492 g/mol. The normalized spacial score (nSPS) is 12.6. The molecule has 4 aromatic heterocycles. The van der Waals surface area contributed by atoms with E-state index >= 15 is 0 Å². The third-order valence-electron chi connectivity index (χ3n) is 6.51. The van der Waals surface area contributed by atoms with Crippen molar-refractivity contribution in [1.29, 1.82) is 0 Å². The van der Waals surface area contributed by atoms with Gasteiger partial charge in [-0.05, 0) is 79.3 Å². The number of fused-ring (bicyclic) bond motifs is 2. The second kappa shape index (κ2) is 9.24. The van der Waals surface area contributed by atoms with Gasteiger partial charge in [0.2, 0.25) is 0 Å². The highest BCUT2D eigenvalue weighted by molar-refractivity contribution is 6.01. The molecule has 4 heterocycles. The van der Waals surface area contributed by atoms with E-state index in [1.54, 1.807) is 18.5 Å². The minimum atomic E-state index is -0.303. The molecule has 7 nitrogen and oxygen atoms in total. The van der Waals surface area contributed by atoms with E-state index in [-0.39, 0.29) is 11.9 Å². The van der Waals surface area contributed by atoms with Gasteiger partial charge >= 0.3 is 0 Å². The molecule has 0 spiro atoms. The molecular formula is C29H26FN7. The maximum atomic E-state index is 14.7. The molecule has 0 radical (unpaired) electrons. The zero-order valence-electron chi connectivity index (χ0n) is 20.5. The number of aromatic amines is 2. The Kier molecular flexibility index (Phi) is 5.75. The van der Waals surface area contributed by atoms with Crippen LogP contribution in [-0.2, 0) is 0 Å². The van der Waals surface area contributed by atoms with E-state index in [1.165, 1.54) is 6.07 Å². The van der Waals surface area contributed by atoms with E-state index in [4.69, 9.17) is 5.73 Å². The summed E-state index contributed by atoms with van der Waals surface area (Å²) in [6, 6.07) is 20.5. The highest BCUT2D eigenvalue weighted by Crippen LogP contribution is 2.35. The summed E-state index contributed by atoms with van der Waals surface area (Å²) in [6.45, 7) is 0.628. The lowest BCUT2D eigenvalue weighted by molar-refractivity contribution is 0.376. The number of hydrogen-bond donors (Lipinski definition) is 3. The fraction of sp³-hybridized carbons (Fsp3) is 0.138. The first-order valence-corrected chi connectivity index (χ1v) is 12.0.